The quantitative estimate of drug-likeness (QED) is 0.906. The molecule has 4 heteroatoms. The molecule has 0 spiro atoms. The lowest BCUT2D eigenvalue weighted by molar-refractivity contribution is 0.424. The number of nitrogens with zero attached hydrogens (tertiary/aromatic N) is 2. The number of aromatic nitrogens is 2. The zero-order valence-corrected chi connectivity index (χ0v) is 10.5. The standard InChI is InChI=1S/C13H16ClN3/c1-2-12(15)13(17-9-3-8-16-17)10-4-6-11(14)7-5-10/h3-9,12-13H,2,15H2,1H3. The Morgan fingerprint density at radius 3 is 2.59 bits per heavy atom. The summed E-state index contributed by atoms with van der Waals surface area (Å²) in [4.78, 5) is 0. The number of rotatable bonds is 4. The molecular formula is C13H16ClN3. The fourth-order valence-corrected chi connectivity index (χ4v) is 2.05. The van der Waals surface area contributed by atoms with E-state index in [2.05, 4.69) is 12.0 Å². The van der Waals surface area contributed by atoms with Crippen LogP contribution < -0.4 is 5.73 Å². The molecule has 0 radical (unpaired) electrons. The average Bonchev–Trinajstić information content (AvgIpc) is 2.85. The van der Waals surface area contributed by atoms with Gasteiger partial charge in [-0.2, -0.15) is 5.10 Å². The van der Waals surface area contributed by atoms with E-state index in [0.717, 1.165) is 17.0 Å². The van der Waals surface area contributed by atoms with Crippen LogP contribution in [0.4, 0.5) is 0 Å². The van der Waals surface area contributed by atoms with Crippen molar-refractivity contribution in [2.75, 3.05) is 0 Å². The molecule has 0 fully saturated rings. The van der Waals surface area contributed by atoms with Crippen molar-refractivity contribution in [3.05, 3.63) is 53.3 Å². The van der Waals surface area contributed by atoms with Crippen LogP contribution in [0.25, 0.3) is 0 Å². The third-order valence-corrected chi connectivity index (χ3v) is 3.15. The SMILES string of the molecule is CCC(N)C(c1ccc(Cl)cc1)n1cccn1. The number of halogens is 1. The van der Waals surface area contributed by atoms with Gasteiger partial charge in [0.2, 0.25) is 0 Å². The summed E-state index contributed by atoms with van der Waals surface area (Å²) in [5.74, 6) is 0. The van der Waals surface area contributed by atoms with E-state index >= 15 is 0 Å². The van der Waals surface area contributed by atoms with E-state index in [-0.39, 0.29) is 12.1 Å². The van der Waals surface area contributed by atoms with Gasteiger partial charge in [0.05, 0.1) is 6.04 Å². The molecule has 0 amide bonds. The van der Waals surface area contributed by atoms with E-state index in [1.165, 1.54) is 0 Å². The zero-order valence-electron chi connectivity index (χ0n) is 9.75. The summed E-state index contributed by atoms with van der Waals surface area (Å²) in [5, 5.41) is 5.02. The van der Waals surface area contributed by atoms with E-state index in [4.69, 9.17) is 17.3 Å². The lowest BCUT2D eigenvalue weighted by Crippen LogP contribution is -2.32. The van der Waals surface area contributed by atoms with Gasteiger partial charge < -0.3 is 5.73 Å². The molecule has 2 rings (SSSR count). The van der Waals surface area contributed by atoms with Crippen molar-refractivity contribution in [3.63, 3.8) is 0 Å². The molecule has 2 atom stereocenters. The Kier molecular flexibility index (Phi) is 3.82. The van der Waals surface area contributed by atoms with E-state index in [1.807, 2.05) is 41.2 Å². The van der Waals surface area contributed by atoms with Crippen LogP contribution in [-0.2, 0) is 0 Å². The highest BCUT2D eigenvalue weighted by Gasteiger charge is 2.20. The second-order valence-electron chi connectivity index (χ2n) is 4.05. The Hall–Kier alpha value is -1.32. The molecule has 3 nitrogen and oxygen atoms in total. The van der Waals surface area contributed by atoms with Crippen molar-refractivity contribution < 1.29 is 0 Å². The van der Waals surface area contributed by atoms with Gasteiger partial charge in [-0.3, -0.25) is 4.68 Å². The largest absolute Gasteiger partial charge is 0.326 e. The summed E-state index contributed by atoms with van der Waals surface area (Å²) in [6, 6.07) is 9.79. The lowest BCUT2D eigenvalue weighted by atomic mass is 9.98. The fraction of sp³-hybridized carbons (Fsp3) is 0.308. The van der Waals surface area contributed by atoms with Crippen LogP contribution in [0.15, 0.2) is 42.7 Å². The van der Waals surface area contributed by atoms with Crippen LogP contribution in [0.1, 0.15) is 24.9 Å². The van der Waals surface area contributed by atoms with Gasteiger partial charge in [-0.15, -0.1) is 0 Å². The Morgan fingerprint density at radius 2 is 2.06 bits per heavy atom. The van der Waals surface area contributed by atoms with Crippen molar-refractivity contribution in [3.8, 4) is 0 Å². The molecule has 90 valence electrons. The molecule has 0 saturated heterocycles. The first-order valence-corrected chi connectivity index (χ1v) is 6.10. The van der Waals surface area contributed by atoms with Gasteiger partial charge in [0.25, 0.3) is 0 Å². The predicted octanol–water partition coefficient (Wildman–Crippen LogP) is 2.86. The van der Waals surface area contributed by atoms with Gasteiger partial charge >= 0.3 is 0 Å². The summed E-state index contributed by atoms with van der Waals surface area (Å²) < 4.78 is 1.90. The highest BCUT2D eigenvalue weighted by molar-refractivity contribution is 6.30. The molecule has 0 bridgehead atoms. The second-order valence-corrected chi connectivity index (χ2v) is 4.49. The number of nitrogens with two attached hydrogens (primary N) is 1. The molecule has 17 heavy (non-hydrogen) atoms. The summed E-state index contributed by atoms with van der Waals surface area (Å²) in [6.45, 7) is 2.08. The maximum absolute atomic E-state index is 6.18. The van der Waals surface area contributed by atoms with E-state index in [1.54, 1.807) is 6.20 Å². The third-order valence-electron chi connectivity index (χ3n) is 2.90. The molecule has 2 N–H and O–H groups in total. The summed E-state index contributed by atoms with van der Waals surface area (Å²) in [7, 11) is 0. The van der Waals surface area contributed by atoms with Crippen LogP contribution in [0.2, 0.25) is 5.02 Å². The number of benzene rings is 1. The van der Waals surface area contributed by atoms with Crippen molar-refractivity contribution >= 4 is 11.6 Å². The smallest absolute Gasteiger partial charge is 0.0919 e. The monoisotopic (exact) mass is 249 g/mol. The Morgan fingerprint density at radius 1 is 1.35 bits per heavy atom. The van der Waals surface area contributed by atoms with E-state index < -0.39 is 0 Å². The maximum Gasteiger partial charge on any atom is 0.0919 e. The fourth-order valence-electron chi connectivity index (χ4n) is 1.92. The highest BCUT2D eigenvalue weighted by Crippen LogP contribution is 2.23. The van der Waals surface area contributed by atoms with Crippen molar-refractivity contribution in [1.82, 2.24) is 9.78 Å². The molecular weight excluding hydrogens is 234 g/mol. The van der Waals surface area contributed by atoms with E-state index in [9.17, 15) is 0 Å². The van der Waals surface area contributed by atoms with Crippen molar-refractivity contribution in [2.45, 2.75) is 25.4 Å². The minimum absolute atomic E-state index is 0.0380. The minimum Gasteiger partial charge on any atom is -0.326 e. The molecule has 0 aliphatic rings. The van der Waals surface area contributed by atoms with Gasteiger partial charge in [-0.25, -0.2) is 0 Å². The van der Waals surface area contributed by atoms with Crippen LogP contribution in [0, 0.1) is 0 Å². The average molecular weight is 250 g/mol. The van der Waals surface area contributed by atoms with Gasteiger partial charge in [-0.1, -0.05) is 30.7 Å². The Bertz CT molecular complexity index is 450. The first kappa shape index (κ1) is 12.1. The summed E-state index contributed by atoms with van der Waals surface area (Å²) in [5.41, 5.74) is 7.32. The molecule has 0 saturated carbocycles. The van der Waals surface area contributed by atoms with Gasteiger partial charge in [0.15, 0.2) is 0 Å². The summed E-state index contributed by atoms with van der Waals surface area (Å²) in [6.07, 6.45) is 4.60. The van der Waals surface area contributed by atoms with Crippen molar-refractivity contribution in [1.29, 1.82) is 0 Å². The Balaban J connectivity index is 2.37. The van der Waals surface area contributed by atoms with Crippen LogP contribution in [0.5, 0.6) is 0 Å². The molecule has 1 heterocycles. The first-order chi connectivity index (χ1) is 8.22. The minimum atomic E-state index is 0.0380. The first-order valence-electron chi connectivity index (χ1n) is 5.72. The summed E-state index contributed by atoms with van der Waals surface area (Å²) >= 11 is 5.90. The molecule has 1 aromatic carbocycles. The Labute approximate surface area is 106 Å². The third kappa shape index (κ3) is 2.68. The second kappa shape index (κ2) is 5.34. The van der Waals surface area contributed by atoms with Crippen molar-refractivity contribution in [2.24, 2.45) is 5.73 Å². The normalized spacial score (nSPS) is 14.5. The molecule has 0 aliphatic heterocycles. The molecule has 1 aromatic heterocycles. The molecule has 2 aromatic rings. The zero-order chi connectivity index (χ0) is 12.3. The van der Waals surface area contributed by atoms with E-state index in [0.29, 0.717) is 0 Å². The highest BCUT2D eigenvalue weighted by atomic mass is 35.5. The maximum atomic E-state index is 6.18. The molecule has 0 aliphatic carbocycles. The molecule has 2 unspecified atom stereocenters. The predicted molar refractivity (Wildman–Crippen MR) is 70.1 cm³/mol. The topological polar surface area (TPSA) is 43.8 Å². The number of hydrogen-bond donors (Lipinski definition) is 1. The van der Waals surface area contributed by atoms with Gasteiger partial charge in [0.1, 0.15) is 0 Å². The van der Waals surface area contributed by atoms with Crippen LogP contribution in [-0.4, -0.2) is 15.8 Å². The van der Waals surface area contributed by atoms with Gasteiger partial charge in [-0.05, 0) is 30.2 Å². The number of hydrogen-bond acceptors (Lipinski definition) is 2. The van der Waals surface area contributed by atoms with Crippen LogP contribution in [0.3, 0.4) is 0 Å². The lowest BCUT2D eigenvalue weighted by Gasteiger charge is -2.24. The van der Waals surface area contributed by atoms with Gasteiger partial charge in [0, 0.05) is 23.5 Å². The van der Waals surface area contributed by atoms with Crippen LogP contribution >= 0.6 is 11.6 Å².